The van der Waals surface area contributed by atoms with Gasteiger partial charge >= 0.3 is 0 Å². The van der Waals surface area contributed by atoms with Crippen LogP contribution in [0.5, 0.6) is 0 Å². The molecule has 0 amide bonds. The molecule has 2 atom stereocenters. The summed E-state index contributed by atoms with van der Waals surface area (Å²) in [5.41, 5.74) is 0. The van der Waals surface area contributed by atoms with Crippen molar-refractivity contribution in [3.8, 4) is 0 Å². The smallest absolute Gasteiger partial charge is 0.267 e. The minimum absolute atomic E-state index is 0.375. The van der Waals surface area contributed by atoms with E-state index < -0.39 is 15.4 Å². The van der Waals surface area contributed by atoms with E-state index in [1.165, 1.54) is 0 Å². The quantitative estimate of drug-likeness (QED) is 0.413. The highest BCUT2D eigenvalue weighted by atomic mass is 127. The molecule has 0 bridgehead atoms. The maximum atomic E-state index is 10.7. The van der Waals surface area contributed by atoms with Gasteiger partial charge in [0.1, 0.15) is 0 Å². The van der Waals surface area contributed by atoms with Gasteiger partial charge in [0.2, 0.25) is 0 Å². The molecule has 0 aliphatic heterocycles. The predicted octanol–water partition coefficient (Wildman–Crippen LogP) is 1.64. The lowest BCUT2D eigenvalue weighted by molar-refractivity contribution is 0.467. The third-order valence-electron chi connectivity index (χ3n) is 1.79. The van der Waals surface area contributed by atoms with E-state index in [9.17, 15) is 8.42 Å². The average Bonchev–Trinajstić information content (AvgIpc) is 2.11. The van der Waals surface area contributed by atoms with Crippen LogP contribution in [-0.4, -0.2) is 26.1 Å². The SMILES string of the molecule is O=S(=O)(O)C1CC(I)C(I)C1. The van der Waals surface area contributed by atoms with Gasteiger partial charge in [-0.25, -0.2) is 0 Å². The number of halogens is 2. The third-order valence-corrected chi connectivity index (χ3v) is 7.15. The van der Waals surface area contributed by atoms with Gasteiger partial charge in [0, 0.05) is 7.85 Å². The Bertz CT molecular complexity index is 228. The molecule has 0 heterocycles. The molecule has 11 heavy (non-hydrogen) atoms. The molecule has 1 aliphatic carbocycles. The summed E-state index contributed by atoms with van der Waals surface area (Å²) in [6.45, 7) is 0. The normalized spacial score (nSPS) is 39.4. The van der Waals surface area contributed by atoms with Gasteiger partial charge in [-0.3, -0.25) is 4.55 Å². The minimum Gasteiger partial charge on any atom is -0.285 e. The third kappa shape index (κ3) is 2.66. The van der Waals surface area contributed by atoms with Gasteiger partial charge in [-0.2, -0.15) is 8.42 Å². The zero-order valence-electron chi connectivity index (χ0n) is 5.57. The molecular weight excluding hydrogens is 394 g/mol. The van der Waals surface area contributed by atoms with E-state index in [1.54, 1.807) is 0 Å². The van der Waals surface area contributed by atoms with Crippen LogP contribution in [0, 0.1) is 0 Å². The van der Waals surface area contributed by atoms with Gasteiger partial charge in [-0.1, -0.05) is 45.2 Å². The summed E-state index contributed by atoms with van der Waals surface area (Å²) in [4.78, 5) is 0. The van der Waals surface area contributed by atoms with Gasteiger partial charge in [0.25, 0.3) is 10.1 Å². The highest BCUT2D eigenvalue weighted by molar-refractivity contribution is 14.1. The van der Waals surface area contributed by atoms with Crippen LogP contribution in [-0.2, 0) is 10.1 Å². The molecule has 0 radical (unpaired) electrons. The van der Waals surface area contributed by atoms with E-state index in [1.807, 2.05) is 0 Å². The maximum Gasteiger partial charge on any atom is 0.267 e. The van der Waals surface area contributed by atoms with E-state index in [0.29, 0.717) is 20.7 Å². The maximum absolute atomic E-state index is 10.7. The van der Waals surface area contributed by atoms with Crippen LogP contribution in [0.3, 0.4) is 0 Å². The van der Waals surface area contributed by atoms with E-state index in [-0.39, 0.29) is 0 Å². The molecule has 66 valence electrons. The van der Waals surface area contributed by atoms with Crippen molar-refractivity contribution in [1.29, 1.82) is 0 Å². The molecule has 1 rings (SSSR count). The lowest BCUT2D eigenvalue weighted by Gasteiger charge is -2.02. The molecule has 1 N–H and O–H groups in total. The van der Waals surface area contributed by atoms with Gasteiger partial charge in [0.05, 0.1) is 5.25 Å². The minimum atomic E-state index is -3.78. The summed E-state index contributed by atoms with van der Waals surface area (Å²) in [5, 5.41) is -0.522. The largest absolute Gasteiger partial charge is 0.285 e. The van der Waals surface area contributed by atoms with Crippen LogP contribution in [0.2, 0.25) is 0 Å². The Hall–Kier alpha value is 1.37. The molecule has 0 aromatic rings. The monoisotopic (exact) mass is 402 g/mol. The first-order valence-corrected chi connectivity index (χ1v) is 7.15. The molecule has 0 aromatic carbocycles. The van der Waals surface area contributed by atoms with Crippen molar-refractivity contribution in [2.45, 2.75) is 25.9 Å². The van der Waals surface area contributed by atoms with Crippen LogP contribution in [0.1, 0.15) is 12.8 Å². The van der Waals surface area contributed by atoms with Crippen molar-refractivity contribution < 1.29 is 13.0 Å². The Kier molecular flexibility index (Phi) is 3.44. The van der Waals surface area contributed by atoms with Crippen molar-refractivity contribution in [2.75, 3.05) is 0 Å². The van der Waals surface area contributed by atoms with Crippen LogP contribution >= 0.6 is 45.2 Å². The molecule has 1 saturated carbocycles. The van der Waals surface area contributed by atoms with Crippen molar-refractivity contribution in [3.05, 3.63) is 0 Å². The van der Waals surface area contributed by atoms with E-state index in [2.05, 4.69) is 45.2 Å². The van der Waals surface area contributed by atoms with Crippen molar-refractivity contribution in [3.63, 3.8) is 0 Å². The molecular formula is C5H8I2O3S. The number of hydrogen-bond acceptors (Lipinski definition) is 2. The summed E-state index contributed by atoms with van der Waals surface area (Å²) in [6, 6.07) is 0. The molecule has 1 fully saturated rings. The fraction of sp³-hybridized carbons (Fsp3) is 1.00. The Morgan fingerprint density at radius 3 is 1.73 bits per heavy atom. The zero-order valence-corrected chi connectivity index (χ0v) is 10.7. The second-order valence-electron chi connectivity index (χ2n) is 2.64. The molecule has 0 aromatic heterocycles. The molecule has 1 aliphatic rings. The van der Waals surface area contributed by atoms with Gasteiger partial charge in [-0.05, 0) is 12.8 Å². The highest BCUT2D eigenvalue weighted by Gasteiger charge is 2.37. The lowest BCUT2D eigenvalue weighted by Crippen LogP contribution is -2.16. The van der Waals surface area contributed by atoms with Crippen LogP contribution in [0.25, 0.3) is 0 Å². The van der Waals surface area contributed by atoms with Crippen molar-refractivity contribution in [1.82, 2.24) is 0 Å². The molecule has 6 heteroatoms. The van der Waals surface area contributed by atoms with E-state index >= 15 is 0 Å². The first-order valence-electron chi connectivity index (χ1n) is 3.15. The standard InChI is InChI=1S/C5H8I2O3S/c6-4-1-3(2-5(4)7)11(8,9)10/h3-5H,1-2H2,(H,8,9,10). The van der Waals surface area contributed by atoms with E-state index in [4.69, 9.17) is 4.55 Å². The second-order valence-corrected chi connectivity index (χ2v) is 7.54. The summed E-state index contributed by atoms with van der Waals surface area (Å²) >= 11 is 4.46. The molecule has 2 unspecified atom stereocenters. The Morgan fingerprint density at radius 1 is 1.18 bits per heavy atom. The van der Waals surface area contributed by atoms with Crippen molar-refractivity contribution in [2.24, 2.45) is 0 Å². The summed E-state index contributed by atoms with van der Waals surface area (Å²) in [7, 11) is -3.78. The Balaban J connectivity index is 2.69. The average molecular weight is 402 g/mol. The molecule has 3 nitrogen and oxygen atoms in total. The van der Waals surface area contributed by atoms with E-state index in [0.717, 1.165) is 0 Å². The number of rotatable bonds is 1. The predicted molar refractivity (Wildman–Crippen MR) is 60.2 cm³/mol. The first kappa shape index (κ1) is 10.5. The summed E-state index contributed by atoms with van der Waals surface area (Å²) in [6.07, 6.45) is 1.18. The van der Waals surface area contributed by atoms with Crippen LogP contribution < -0.4 is 0 Å². The van der Waals surface area contributed by atoms with Gasteiger partial charge in [0.15, 0.2) is 0 Å². The fourth-order valence-corrected chi connectivity index (χ4v) is 4.54. The van der Waals surface area contributed by atoms with Gasteiger partial charge < -0.3 is 0 Å². The second kappa shape index (κ2) is 3.62. The first-order chi connectivity index (χ1) is 4.91. The number of hydrogen-bond donors (Lipinski definition) is 1. The lowest BCUT2D eigenvalue weighted by atomic mass is 10.4. The zero-order chi connectivity index (χ0) is 8.65. The summed E-state index contributed by atoms with van der Waals surface area (Å²) in [5.74, 6) is 0. The number of alkyl halides is 2. The summed E-state index contributed by atoms with van der Waals surface area (Å²) < 4.78 is 30.8. The highest BCUT2D eigenvalue weighted by Crippen LogP contribution is 2.35. The van der Waals surface area contributed by atoms with Crippen molar-refractivity contribution >= 4 is 55.3 Å². The van der Waals surface area contributed by atoms with Gasteiger partial charge in [-0.15, -0.1) is 0 Å². The Morgan fingerprint density at radius 2 is 1.55 bits per heavy atom. The molecule has 0 saturated heterocycles. The van der Waals surface area contributed by atoms with Crippen LogP contribution in [0.4, 0.5) is 0 Å². The molecule has 0 spiro atoms. The topological polar surface area (TPSA) is 54.4 Å². The Labute approximate surface area is 93.3 Å². The van der Waals surface area contributed by atoms with Crippen LogP contribution in [0.15, 0.2) is 0 Å². The fourth-order valence-electron chi connectivity index (χ4n) is 1.14.